The van der Waals surface area contributed by atoms with Crippen LogP contribution in [0.5, 0.6) is 0 Å². The van der Waals surface area contributed by atoms with Crippen LogP contribution in [0.15, 0.2) is 28.7 Å². The Kier molecular flexibility index (Phi) is 5.20. The minimum atomic E-state index is -0.864. The maximum absolute atomic E-state index is 12.9. The molecular weight excluding hydrogens is 418 g/mol. The minimum Gasteiger partial charge on any atom is -0.427 e. The fraction of sp³-hybridized carbons (Fsp3) is 0.455. The number of carbonyl (C=O) groups excluding carboxylic acids is 3. The number of amides is 1. The van der Waals surface area contributed by atoms with E-state index < -0.39 is 36.2 Å². The van der Waals surface area contributed by atoms with Gasteiger partial charge in [-0.15, -0.1) is 0 Å². The molecule has 1 saturated heterocycles. The Balaban J connectivity index is 1.65. The van der Waals surface area contributed by atoms with E-state index in [1.165, 1.54) is 4.90 Å². The molecule has 3 atom stereocenters. The third-order valence-electron chi connectivity index (χ3n) is 5.78. The van der Waals surface area contributed by atoms with E-state index in [-0.39, 0.29) is 23.3 Å². The fourth-order valence-electron chi connectivity index (χ4n) is 4.16. The molecule has 2 aliphatic heterocycles. The van der Waals surface area contributed by atoms with Crippen molar-refractivity contribution < 1.29 is 29.0 Å². The molecule has 3 N–H and O–H groups in total. The molecule has 0 aliphatic carbocycles. The van der Waals surface area contributed by atoms with Gasteiger partial charge in [-0.2, -0.15) is 0 Å². The first-order valence-electron chi connectivity index (χ1n) is 10.3. The number of aliphatic hydroxyl groups excluding tert-OH is 1. The standard InChI is InChI=1S/C22H25N3O7/c1-10(26)16-15-8-12(11-5-6-13-14(7-11)24-21(30)23-13)17(25(15)18(16)27)19(28)31-9-32-20(29)22(2,3)4/h5-7,10,15-16,26H,8-9H2,1-4H3,(H2,23,24,30)/t10-,15+,16+/m1/s1. The van der Waals surface area contributed by atoms with Gasteiger partial charge < -0.3 is 29.4 Å². The van der Waals surface area contributed by atoms with Gasteiger partial charge >= 0.3 is 17.6 Å². The molecule has 32 heavy (non-hydrogen) atoms. The maximum Gasteiger partial charge on any atom is 0.358 e. The summed E-state index contributed by atoms with van der Waals surface area (Å²) in [6.45, 7) is 5.99. The first kappa shape index (κ1) is 21.8. The highest BCUT2D eigenvalue weighted by Gasteiger charge is 2.57. The lowest BCUT2D eigenvalue weighted by Gasteiger charge is -2.44. The Bertz CT molecular complexity index is 1200. The van der Waals surface area contributed by atoms with Crippen molar-refractivity contribution >= 4 is 34.5 Å². The number of aromatic nitrogens is 2. The van der Waals surface area contributed by atoms with Crippen molar-refractivity contribution in [1.82, 2.24) is 14.9 Å². The summed E-state index contributed by atoms with van der Waals surface area (Å²) in [6.07, 6.45) is -0.523. The number of carbonyl (C=O) groups is 3. The molecule has 10 heteroatoms. The molecule has 0 bridgehead atoms. The molecule has 1 fully saturated rings. The number of aromatic amines is 2. The molecule has 0 radical (unpaired) electrons. The number of nitrogens with one attached hydrogen (secondary N) is 2. The largest absolute Gasteiger partial charge is 0.427 e. The molecule has 0 saturated carbocycles. The summed E-state index contributed by atoms with van der Waals surface area (Å²) in [5.41, 5.74) is 1.31. The Morgan fingerprint density at radius 1 is 1.19 bits per heavy atom. The predicted octanol–water partition coefficient (Wildman–Crippen LogP) is 1.27. The van der Waals surface area contributed by atoms with Crippen LogP contribution in [0.3, 0.4) is 0 Å². The van der Waals surface area contributed by atoms with Crippen molar-refractivity contribution in [3.8, 4) is 0 Å². The first-order valence-corrected chi connectivity index (χ1v) is 10.3. The van der Waals surface area contributed by atoms with Gasteiger partial charge in [0.05, 0.1) is 34.5 Å². The smallest absolute Gasteiger partial charge is 0.358 e. The zero-order chi connectivity index (χ0) is 23.4. The topological polar surface area (TPSA) is 142 Å². The SMILES string of the molecule is C[C@@H](O)[C@@H]1C(=O)N2C(C(=O)OCOC(=O)C(C)(C)C)=C(c3ccc4[nH]c(=O)[nH]c4c3)C[C@@H]12. The predicted molar refractivity (Wildman–Crippen MR) is 113 cm³/mol. The molecule has 170 valence electrons. The number of fused-ring (bicyclic) bond motifs is 2. The fourth-order valence-corrected chi connectivity index (χ4v) is 4.16. The van der Waals surface area contributed by atoms with Crippen LogP contribution in [-0.2, 0) is 23.9 Å². The third kappa shape index (κ3) is 3.60. The second-order valence-corrected chi connectivity index (χ2v) is 9.14. The number of imidazole rings is 1. The van der Waals surface area contributed by atoms with Gasteiger partial charge in [-0.3, -0.25) is 9.59 Å². The van der Waals surface area contributed by atoms with Gasteiger partial charge in [0, 0.05) is 0 Å². The van der Waals surface area contributed by atoms with E-state index in [1.54, 1.807) is 45.9 Å². The van der Waals surface area contributed by atoms with Crippen molar-refractivity contribution in [3.63, 3.8) is 0 Å². The monoisotopic (exact) mass is 443 g/mol. The molecule has 1 aromatic carbocycles. The van der Waals surface area contributed by atoms with E-state index in [0.717, 1.165) is 0 Å². The van der Waals surface area contributed by atoms with E-state index >= 15 is 0 Å². The maximum atomic E-state index is 12.9. The Hall–Kier alpha value is -3.40. The van der Waals surface area contributed by atoms with Gasteiger partial charge in [0.2, 0.25) is 12.7 Å². The molecular formula is C22H25N3O7. The number of nitrogens with zero attached hydrogens (tertiary/aromatic N) is 1. The number of hydrogen-bond donors (Lipinski definition) is 3. The van der Waals surface area contributed by atoms with Crippen molar-refractivity contribution in [3.05, 3.63) is 39.9 Å². The zero-order valence-corrected chi connectivity index (χ0v) is 18.2. The summed E-state index contributed by atoms with van der Waals surface area (Å²) in [5.74, 6) is -2.32. The number of H-pyrrole nitrogens is 2. The van der Waals surface area contributed by atoms with Gasteiger partial charge in [0.15, 0.2) is 0 Å². The number of benzene rings is 1. The average Bonchev–Trinajstić information content (AvgIpc) is 3.23. The second-order valence-electron chi connectivity index (χ2n) is 9.14. The van der Waals surface area contributed by atoms with E-state index in [1.807, 2.05) is 0 Å². The van der Waals surface area contributed by atoms with E-state index in [2.05, 4.69) is 9.97 Å². The van der Waals surface area contributed by atoms with Gasteiger partial charge in [-0.1, -0.05) is 6.07 Å². The van der Waals surface area contributed by atoms with Crippen LogP contribution in [0.1, 0.15) is 39.7 Å². The normalized spacial score (nSPS) is 21.4. The van der Waals surface area contributed by atoms with Crippen LogP contribution in [-0.4, -0.2) is 56.8 Å². The van der Waals surface area contributed by atoms with Crippen molar-refractivity contribution in [2.45, 2.75) is 46.3 Å². The van der Waals surface area contributed by atoms with Gasteiger partial charge in [-0.25, -0.2) is 9.59 Å². The molecule has 2 aromatic rings. The van der Waals surface area contributed by atoms with Crippen LogP contribution >= 0.6 is 0 Å². The molecule has 1 amide bonds. The molecule has 2 aliphatic rings. The number of aliphatic hydroxyl groups is 1. The van der Waals surface area contributed by atoms with Crippen LogP contribution in [0.2, 0.25) is 0 Å². The number of hydrogen-bond acceptors (Lipinski definition) is 7. The lowest BCUT2D eigenvalue weighted by Crippen LogP contribution is -2.61. The van der Waals surface area contributed by atoms with E-state index in [0.29, 0.717) is 28.6 Å². The molecule has 1 aromatic heterocycles. The molecule has 4 rings (SSSR count). The highest BCUT2D eigenvalue weighted by molar-refractivity contribution is 6.07. The van der Waals surface area contributed by atoms with Gasteiger partial charge in [-0.05, 0) is 57.4 Å². The summed E-state index contributed by atoms with van der Waals surface area (Å²) in [4.78, 5) is 55.8. The van der Waals surface area contributed by atoms with E-state index in [9.17, 15) is 24.3 Å². The van der Waals surface area contributed by atoms with Crippen molar-refractivity contribution in [1.29, 1.82) is 0 Å². The zero-order valence-electron chi connectivity index (χ0n) is 18.2. The molecule has 0 unspecified atom stereocenters. The number of ether oxygens (including phenoxy) is 2. The Morgan fingerprint density at radius 3 is 2.53 bits per heavy atom. The number of esters is 2. The summed E-state index contributed by atoms with van der Waals surface area (Å²) in [5, 5.41) is 10.0. The average molecular weight is 443 g/mol. The van der Waals surface area contributed by atoms with Crippen molar-refractivity contribution in [2.24, 2.45) is 11.3 Å². The molecule has 10 nitrogen and oxygen atoms in total. The van der Waals surface area contributed by atoms with Crippen LogP contribution < -0.4 is 5.69 Å². The summed E-state index contributed by atoms with van der Waals surface area (Å²) in [6, 6.07) is 4.77. The summed E-state index contributed by atoms with van der Waals surface area (Å²) >= 11 is 0. The van der Waals surface area contributed by atoms with Gasteiger partial charge in [0.1, 0.15) is 5.70 Å². The second kappa shape index (κ2) is 7.63. The van der Waals surface area contributed by atoms with Crippen LogP contribution in [0.4, 0.5) is 0 Å². The minimum absolute atomic E-state index is 0.0564. The molecule has 3 heterocycles. The first-order chi connectivity index (χ1) is 15.0. The highest BCUT2D eigenvalue weighted by Crippen LogP contribution is 2.47. The lowest BCUT2D eigenvalue weighted by atomic mass is 9.82. The van der Waals surface area contributed by atoms with E-state index in [4.69, 9.17) is 9.47 Å². The number of β-lactam (4-membered cyclic amide) rings is 1. The quantitative estimate of drug-likeness (QED) is 0.359. The lowest BCUT2D eigenvalue weighted by molar-refractivity contribution is -0.175. The van der Waals surface area contributed by atoms with Gasteiger partial charge in [0.25, 0.3) is 0 Å². The Labute approximate surface area is 183 Å². The van der Waals surface area contributed by atoms with Crippen LogP contribution in [0.25, 0.3) is 16.6 Å². The molecule has 0 spiro atoms. The third-order valence-corrected chi connectivity index (χ3v) is 5.78. The highest BCUT2D eigenvalue weighted by atomic mass is 16.7. The summed E-state index contributed by atoms with van der Waals surface area (Å²) in [7, 11) is 0. The number of rotatable bonds is 5. The van der Waals surface area contributed by atoms with Crippen LogP contribution in [0, 0.1) is 11.3 Å². The summed E-state index contributed by atoms with van der Waals surface area (Å²) < 4.78 is 10.2. The Morgan fingerprint density at radius 2 is 1.88 bits per heavy atom. The van der Waals surface area contributed by atoms with Crippen molar-refractivity contribution in [2.75, 3.05) is 6.79 Å².